The highest BCUT2D eigenvalue weighted by molar-refractivity contribution is 6.07. The van der Waals surface area contributed by atoms with Gasteiger partial charge in [0.1, 0.15) is 23.3 Å². The number of carbonyl (C=O) groups excluding carboxylic acids is 4. The van der Waals surface area contributed by atoms with E-state index in [-0.39, 0.29) is 57.3 Å². The first-order chi connectivity index (χ1) is 51.7. The van der Waals surface area contributed by atoms with E-state index in [0.29, 0.717) is 131 Å². The van der Waals surface area contributed by atoms with Crippen LogP contribution in [0, 0.1) is 20.8 Å². The zero-order valence-corrected chi connectivity index (χ0v) is 60.4. The van der Waals surface area contributed by atoms with Gasteiger partial charge in [-0.25, -0.2) is 0 Å². The van der Waals surface area contributed by atoms with Crippen LogP contribution in [-0.4, -0.2) is 129 Å². The molecule has 6 aromatic carbocycles. The molecule has 9 aromatic rings. The number of hydrogen-bond acceptors (Lipinski definition) is 15. The lowest BCUT2D eigenvalue weighted by Crippen LogP contribution is -2.40. The Bertz CT molecular complexity index is 5070. The fourth-order valence-corrected chi connectivity index (χ4v) is 12.6. The van der Waals surface area contributed by atoms with Crippen molar-refractivity contribution in [2.45, 2.75) is 52.5 Å². The Labute approximate surface area is 620 Å². The summed E-state index contributed by atoms with van der Waals surface area (Å²) >= 11 is 0. The molecular formula is C79H79F9N10O11. The van der Waals surface area contributed by atoms with Gasteiger partial charge in [0.2, 0.25) is 0 Å². The van der Waals surface area contributed by atoms with Crippen molar-refractivity contribution in [3.05, 3.63) is 244 Å². The molecular weight excluding hydrogens is 1440 g/mol. The SMILES string of the molecule is CNCc1cc(C(=O)Nc2ccc(C)c(-c3cc(N4CCOCC4)c(=O)n(C)c3)c2)cc(C(F)(F)F)c1.Cc1ccc(NC(=O)c2cc(C=O)cc(C(F)(F)F)c2)cc1-c1cc(N2CCOCC2)c(=O)n(C)c1.Cc1ccc(NC(=O)c2cc(CO)cc(C(F)(F)F)c2)cc1-c1cc(N2CCOCC2)c(=O)n(C)c1. The largest absolute Gasteiger partial charge is 0.416 e. The van der Waals surface area contributed by atoms with Gasteiger partial charge in [-0.3, -0.25) is 33.6 Å². The third kappa shape index (κ3) is 20.0. The number of morpholine rings is 3. The Kier molecular flexibility index (Phi) is 25.3. The van der Waals surface area contributed by atoms with E-state index in [9.17, 15) is 78.2 Å². The van der Waals surface area contributed by atoms with E-state index in [4.69, 9.17) is 14.2 Å². The third-order valence-corrected chi connectivity index (χ3v) is 18.4. The van der Waals surface area contributed by atoms with Crippen molar-refractivity contribution in [1.82, 2.24) is 19.0 Å². The van der Waals surface area contributed by atoms with E-state index in [1.807, 2.05) is 53.7 Å². The molecule has 0 spiro atoms. The summed E-state index contributed by atoms with van der Waals surface area (Å²) in [5, 5.41) is 20.1. The number of benzene rings is 6. The number of hydrogen-bond donors (Lipinski definition) is 5. The number of aliphatic hydroxyl groups is 1. The van der Waals surface area contributed by atoms with Gasteiger partial charge in [0.05, 0.1) is 62.9 Å². The second-order valence-electron chi connectivity index (χ2n) is 26.3. The Morgan fingerprint density at radius 3 is 1.04 bits per heavy atom. The quantitative estimate of drug-likeness (QED) is 0.0446. The van der Waals surface area contributed by atoms with Crippen molar-refractivity contribution in [3.63, 3.8) is 0 Å². The Morgan fingerprint density at radius 2 is 0.734 bits per heavy atom. The lowest BCUT2D eigenvalue weighted by Gasteiger charge is -2.29. The molecule has 3 aliphatic rings. The highest BCUT2D eigenvalue weighted by Gasteiger charge is 2.35. The fourth-order valence-electron chi connectivity index (χ4n) is 12.6. The number of alkyl halides is 9. The molecule has 21 nitrogen and oxygen atoms in total. The first-order valence-electron chi connectivity index (χ1n) is 34.4. The van der Waals surface area contributed by atoms with Gasteiger partial charge in [-0.05, 0) is 182 Å². The Morgan fingerprint density at radius 1 is 0.431 bits per heavy atom. The molecule has 574 valence electrons. The van der Waals surface area contributed by atoms with Crippen molar-refractivity contribution >= 4 is 58.1 Å². The maximum atomic E-state index is 13.4. The van der Waals surface area contributed by atoms with Crippen LogP contribution in [0.3, 0.4) is 0 Å². The van der Waals surface area contributed by atoms with E-state index >= 15 is 0 Å². The number of carbonyl (C=O) groups is 4. The minimum absolute atomic E-state index is 0.0135. The standard InChI is InChI=1S/C27H29F3N4O3.C26H26F3N3O4.C26H24F3N3O4/c1-17-4-5-22(32-25(35)19-10-18(15-31-2)11-21(12-19)27(28,29)30)14-23(17)20-13-24(26(36)33(3)16-20)34-6-8-37-9-7-34;2*1-16-3-4-21(30-24(34)18-9-17(15-33)10-20(11-18)26(27,28)29)13-22(16)19-12-23(25(35)31(2)14-19)32-5-7-36-8-6-32/h4-5,10-14,16,31H,6-9,15H2,1-3H3,(H,32,35);3-4,9-14,33H,5-8,15H2,1-2H3,(H,30,34);3-4,9-15H,5-8H2,1-2H3,(H,30,34). The van der Waals surface area contributed by atoms with Crippen LogP contribution in [0.25, 0.3) is 33.4 Å². The molecule has 0 saturated carbocycles. The minimum atomic E-state index is -4.70. The molecule has 3 aromatic heterocycles. The number of nitrogens with zero attached hydrogens (tertiary/aromatic N) is 6. The van der Waals surface area contributed by atoms with Gasteiger partial charge in [0.15, 0.2) is 0 Å². The molecule has 0 atom stereocenters. The van der Waals surface area contributed by atoms with E-state index in [2.05, 4.69) is 21.3 Å². The maximum Gasteiger partial charge on any atom is 0.416 e. The summed E-state index contributed by atoms with van der Waals surface area (Å²) in [4.78, 5) is 94.0. The number of nitrogens with one attached hydrogen (secondary N) is 4. The average molecular weight is 1520 g/mol. The third-order valence-electron chi connectivity index (χ3n) is 18.4. The highest BCUT2D eigenvalue weighted by Crippen LogP contribution is 2.37. The summed E-state index contributed by atoms with van der Waals surface area (Å²) < 4.78 is 140. The smallest absolute Gasteiger partial charge is 0.392 e. The van der Waals surface area contributed by atoms with E-state index in [1.165, 1.54) is 25.8 Å². The molecule has 5 N–H and O–H groups in total. The van der Waals surface area contributed by atoms with Gasteiger partial charge >= 0.3 is 18.5 Å². The minimum Gasteiger partial charge on any atom is -0.392 e. The second kappa shape index (κ2) is 34.4. The molecule has 12 rings (SSSR count). The number of rotatable bonds is 16. The second-order valence-corrected chi connectivity index (χ2v) is 26.3. The first-order valence-corrected chi connectivity index (χ1v) is 34.4. The van der Waals surface area contributed by atoms with Gasteiger partial charge in [0, 0.05) is 142 Å². The molecule has 3 saturated heterocycles. The van der Waals surface area contributed by atoms with Gasteiger partial charge < -0.3 is 69.0 Å². The van der Waals surface area contributed by atoms with Crippen LogP contribution < -0.4 is 52.6 Å². The number of aromatic nitrogens is 3. The summed E-state index contributed by atoms with van der Waals surface area (Å²) in [6.07, 6.45) is -8.52. The van der Waals surface area contributed by atoms with Gasteiger partial charge in [0.25, 0.3) is 34.4 Å². The summed E-state index contributed by atoms with van der Waals surface area (Å²) in [7, 11) is 6.64. The van der Waals surface area contributed by atoms with Gasteiger partial charge in [-0.2, -0.15) is 39.5 Å². The zero-order valence-electron chi connectivity index (χ0n) is 60.4. The van der Waals surface area contributed by atoms with Crippen LogP contribution in [0.1, 0.15) is 85.9 Å². The van der Waals surface area contributed by atoms with Crippen LogP contribution >= 0.6 is 0 Å². The maximum absolute atomic E-state index is 13.4. The number of halogens is 9. The molecule has 6 heterocycles. The number of pyridine rings is 3. The van der Waals surface area contributed by atoms with Crippen molar-refractivity contribution in [2.24, 2.45) is 21.1 Å². The summed E-state index contributed by atoms with van der Waals surface area (Å²) in [5.74, 6) is -2.17. The average Bonchev–Trinajstić information content (AvgIpc) is 0.786. The van der Waals surface area contributed by atoms with Crippen LogP contribution in [0.15, 0.2) is 160 Å². The van der Waals surface area contributed by atoms with Crippen molar-refractivity contribution < 1.29 is 78.0 Å². The predicted molar refractivity (Wildman–Crippen MR) is 397 cm³/mol. The van der Waals surface area contributed by atoms with Crippen LogP contribution in [-0.2, 0) is 67.0 Å². The topological polar surface area (TPSA) is 240 Å². The highest BCUT2D eigenvalue weighted by atomic mass is 19.4. The normalized spacial score (nSPS) is 14.0. The number of anilines is 6. The number of aliphatic hydroxyl groups excluding tert-OH is 1. The van der Waals surface area contributed by atoms with Gasteiger partial charge in [-0.15, -0.1) is 0 Å². The monoisotopic (exact) mass is 1510 g/mol. The molecule has 30 heteroatoms. The molecule has 0 aliphatic carbocycles. The molecule has 3 amide bonds. The van der Waals surface area contributed by atoms with Gasteiger partial charge in [-0.1, -0.05) is 18.2 Å². The van der Waals surface area contributed by atoms with E-state index < -0.39 is 59.5 Å². The van der Waals surface area contributed by atoms with Crippen molar-refractivity contribution in [3.8, 4) is 33.4 Å². The Balaban J connectivity index is 0.000000174. The molecule has 0 radical (unpaired) electrons. The summed E-state index contributed by atoms with van der Waals surface area (Å²) in [6, 6.07) is 29.6. The molecule has 0 unspecified atom stereocenters. The van der Waals surface area contributed by atoms with Crippen molar-refractivity contribution in [1.29, 1.82) is 0 Å². The van der Waals surface area contributed by atoms with Crippen LogP contribution in [0.2, 0.25) is 0 Å². The fraction of sp³-hybridized carbons (Fsp3) is 0.304. The number of ether oxygens (including phenoxy) is 3. The van der Waals surface area contributed by atoms with E-state index in [1.54, 1.807) is 101 Å². The number of amides is 3. The first kappa shape index (κ1) is 80.4. The molecule has 109 heavy (non-hydrogen) atoms. The van der Waals surface area contributed by atoms with E-state index in [0.717, 1.165) is 80.4 Å². The zero-order chi connectivity index (χ0) is 78.8. The molecule has 3 fully saturated rings. The predicted octanol–water partition coefficient (Wildman–Crippen LogP) is 12.4. The number of aldehydes is 1. The summed E-state index contributed by atoms with van der Waals surface area (Å²) in [5.41, 5.74) is 6.24. The summed E-state index contributed by atoms with van der Waals surface area (Å²) in [6.45, 7) is 12.0. The lowest BCUT2D eigenvalue weighted by atomic mass is 10.00. The van der Waals surface area contributed by atoms with Crippen LogP contribution in [0.5, 0.6) is 0 Å². The van der Waals surface area contributed by atoms with Crippen LogP contribution in [0.4, 0.5) is 73.6 Å². The molecule has 0 bridgehead atoms. The Hall–Kier alpha value is -11.2. The number of aryl methyl sites for hydroxylation is 6. The molecule has 3 aliphatic heterocycles. The lowest BCUT2D eigenvalue weighted by molar-refractivity contribution is -0.138. The van der Waals surface area contributed by atoms with Crippen molar-refractivity contribution in [2.75, 3.05) is 117 Å².